The third kappa shape index (κ3) is 3.03. The summed E-state index contributed by atoms with van der Waals surface area (Å²) in [7, 11) is 0. The van der Waals surface area contributed by atoms with Crippen molar-refractivity contribution in [2.75, 3.05) is 0 Å². The molecule has 3 rings (SSSR count). The molecule has 0 atom stereocenters. The van der Waals surface area contributed by atoms with E-state index in [4.69, 9.17) is 11.6 Å². The van der Waals surface area contributed by atoms with Crippen molar-refractivity contribution in [1.29, 1.82) is 0 Å². The highest BCUT2D eigenvalue weighted by Crippen LogP contribution is 2.15. The Kier molecular flexibility index (Phi) is 4.25. The zero-order valence-corrected chi connectivity index (χ0v) is 13.3. The van der Waals surface area contributed by atoms with E-state index in [-0.39, 0.29) is 5.56 Å². The van der Waals surface area contributed by atoms with Crippen LogP contribution in [0.2, 0.25) is 5.15 Å². The highest BCUT2D eigenvalue weighted by Gasteiger charge is 2.16. The summed E-state index contributed by atoms with van der Waals surface area (Å²) in [5.74, 6) is 0.379. The Morgan fingerprint density at radius 3 is 2.74 bits per heavy atom. The molecule has 6 nitrogen and oxygen atoms in total. The summed E-state index contributed by atoms with van der Waals surface area (Å²) in [5, 5.41) is 0.416. The maximum Gasteiger partial charge on any atom is 0.352 e. The summed E-state index contributed by atoms with van der Waals surface area (Å²) in [5.41, 5.74) is 0.519. The van der Waals surface area contributed by atoms with Gasteiger partial charge in [-0.1, -0.05) is 24.6 Å². The zero-order valence-electron chi connectivity index (χ0n) is 12.6. The minimum atomic E-state index is -0.515. The van der Waals surface area contributed by atoms with Gasteiger partial charge in [-0.25, -0.2) is 9.78 Å². The number of fused-ring (bicyclic) bond motifs is 1. The van der Waals surface area contributed by atoms with Crippen LogP contribution in [0.3, 0.4) is 0 Å². The monoisotopic (exact) mass is 330 g/mol. The second kappa shape index (κ2) is 6.34. The van der Waals surface area contributed by atoms with Gasteiger partial charge in [0.2, 0.25) is 0 Å². The molecule has 0 unspecified atom stereocenters. The molecule has 0 saturated heterocycles. The smallest absolute Gasteiger partial charge is 0.328 e. The van der Waals surface area contributed by atoms with Crippen LogP contribution in [0.15, 0.2) is 46.2 Å². The molecule has 0 N–H and O–H groups in total. The molecule has 1 aromatic heterocycles. The van der Waals surface area contributed by atoms with Crippen molar-refractivity contribution in [2.24, 2.45) is 0 Å². The van der Waals surface area contributed by atoms with Crippen LogP contribution in [-0.2, 0) is 13.1 Å². The van der Waals surface area contributed by atoms with Gasteiger partial charge in [0.05, 0.1) is 12.1 Å². The molecule has 3 heterocycles. The normalized spacial score (nSPS) is 11.0. The lowest BCUT2D eigenvalue weighted by Gasteiger charge is -2.15. The van der Waals surface area contributed by atoms with E-state index in [0.29, 0.717) is 36.1 Å². The standard InChI is InChI=1S/C16H15ClN4O2/c1-2-7-21-15(22)12-4-3-8-20(14(12)19-16(21)23)10-11-5-6-13(17)18-9-11/h3-6,8-9H,2,7,10H2,1H3. The molecule has 0 fully saturated rings. The second-order valence-corrected chi connectivity index (χ2v) is 5.60. The third-order valence-corrected chi connectivity index (χ3v) is 3.76. The first kappa shape index (κ1) is 15.4. The Morgan fingerprint density at radius 1 is 1.22 bits per heavy atom. The van der Waals surface area contributed by atoms with Crippen LogP contribution in [0.1, 0.15) is 18.9 Å². The Balaban J connectivity index is 2.10. The van der Waals surface area contributed by atoms with E-state index >= 15 is 0 Å². The van der Waals surface area contributed by atoms with Gasteiger partial charge in [-0.15, -0.1) is 0 Å². The molecule has 0 radical (unpaired) electrons. The molecule has 0 spiro atoms. The predicted octanol–water partition coefficient (Wildman–Crippen LogP) is 2.02. The van der Waals surface area contributed by atoms with Crippen molar-refractivity contribution in [3.63, 3.8) is 0 Å². The fourth-order valence-corrected chi connectivity index (χ4v) is 2.57. The summed E-state index contributed by atoms with van der Waals surface area (Å²) in [6.45, 7) is 2.73. The van der Waals surface area contributed by atoms with Gasteiger partial charge < -0.3 is 4.57 Å². The maximum atomic E-state index is 12.5. The number of nitrogens with zero attached hydrogens (tertiary/aromatic N) is 4. The fourth-order valence-electron chi connectivity index (χ4n) is 2.46. The van der Waals surface area contributed by atoms with Crippen molar-refractivity contribution in [3.8, 4) is 11.4 Å². The summed E-state index contributed by atoms with van der Waals surface area (Å²) in [4.78, 5) is 32.7. The van der Waals surface area contributed by atoms with Crippen molar-refractivity contribution in [1.82, 2.24) is 19.1 Å². The summed E-state index contributed by atoms with van der Waals surface area (Å²) in [6, 6.07) is 7.00. The lowest BCUT2D eigenvalue weighted by Crippen LogP contribution is -2.37. The van der Waals surface area contributed by atoms with Crippen LogP contribution in [0.5, 0.6) is 0 Å². The van der Waals surface area contributed by atoms with E-state index in [0.717, 1.165) is 5.56 Å². The van der Waals surface area contributed by atoms with Crippen LogP contribution in [-0.4, -0.2) is 19.1 Å². The average molecular weight is 331 g/mol. The van der Waals surface area contributed by atoms with Crippen LogP contribution < -0.4 is 11.2 Å². The summed E-state index contributed by atoms with van der Waals surface area (Å²) >= 11 is 5.78. The number of hydrogen-bond donors (Lipinski definition) is 0. The molecule has 0 saturated carbocycles. The Labute approximate surface area is 137 Å². The molecule has 2 aliphatic heterocycles. The molecule has 7 heteroatoms. The lowest BCUT2D eigenvalue weighted by molar-refractivity contribution is 0.608. The van der Waals surface area contributed by atoms with Crippen molar-refractivity contribution >= 4 is 11.6 Å². The highest BCUT2D eigenvalue weighted by atomic mass is 35.5. The molecule has 0 aromatic carbocycles. The van der Waals surface area contributed by atoms with E-state index in [2.05, 4.69) is 9.97 Å². The summed E-state index contributed by atoms with van der Waals surface area (Å²) < 4.78 is 2.94. The molecule has 2 aliphatic rings. The Bertz CT molecular complexity index is 915. The molecule has 0 amide bonds. The van der Waals surface area contributed by atoms with Crippen molar-refractivity contribution in [2.45, 2.75) is 26.4 Å². The van der Waals surface area contributed by atoms with Crippen molar-refractivity contribution < 1.29 is 0 Å². The van der Waals surface area contributed by atoms with Gasteiger partial charge in [-0.3, -0.25) is 9.36 Å². The van der Waals surface area contributed by atoms with E-state index in [9.17, 15) is 9.59 Å². The van der Waals surface area contributed by atoms with E-state index in [1.807, 2.05) is 13.0 Å². The molecule has 118 valence electrons. The molecule has 0 aliphatic carbocycles. The molecule has 23 heavy (non-hydrogen) atoms. The van der Waals surface area contributed by atoms with Crippen molar-refractivity contribution in [3.05, 3.63) is 68.2 Å². The number of hydrogen-bond acceptors (Lipinski definition) is 4. The number of aromatic nitrogens is 4. The Morgan fingerprint density at radius 2 is 2.04 bits per heavy atom. The second-order valence-electron chi connectivity index (χ2n) is 5.21. The van der Waals surface area contributed by atoms with E-state index < -0.39 is 5.69 Å². The largest absolute Gasteiger partial charge is 0.352 e. The molecular weight excluding hydrogens is 316 g/mol. The molecule has 0 bridgehead atoms. The van der Waals surface area contributed by atoms with Crippen LogP contribution in [0.25, 0.3) is 11.4 Å². The lowest BCUT2D eigenvalue weighted by atomic mass is 10.2. The van der Waals surface area contributed by atoms with Crippen LogP contribution in [0.4, 0.5) is 0 Å². The minimum Gasteiger partial charge on any atom is -0.328 e. The topological polar surface area (TPSA) is 69.8 Å². The van der Waals surface area contributed by atoms with Gasteiger partial charge in [0.25, 0.3) is 5.56 Å². The fraction of sp³-hybridized carbons (Fsp3) is 0.250. The van der Waals surface area contributed by atoms with E-state index in [1.54, 1.807) is 35.2 Å². The Hall–Kier alpha value is -2.47. The first-order valence-corrected chi connectivity index (χ1v) is 7.68. The minimum absolute atomic E-state index is 0.301. The van der Waals surface area contributed by atoms with Crippen LogP contribution in [0, 0.1) is 0 Å². The first-order valence-electron chi connectivity index (χ1n) is 7.30. The zero-order chi connectivity index (χ0) is 16.4. The van der Waals surface area contributed by atoms with Crippen LogP contribution >= 0.6 is 11.6 Å². The average Bonchev–Trinajstić information content (AvgIpc) is 2.54. The van der Waals surface area contributed by atoms with Gasteiger partial charge in [0, 0.05) is 18.9 Å². The highest BCUT2D eigenvalue weighted by molar-refractivity contribution is 6.29. The van der Waals surface area contributed by atoms with Gasteiger partial charge in [-0.05, 0) is 30.2 Å². The van der Waals surface area contributed by atoms with Gasteiger partial charge in [0.15, 0.2) is 5.82 Å². The number of rotatable bonds is 4. The van der Waals surface area contributed by atoms with E-state index in [1.165, 1.54) is 4.57 Å². The quantitative estimate of drug-likeness (QED) is 0.686. The summed E-state index contributed by atoms with van der Waals surface area (Å²) in [6.07, 6.45) is 4.14. The number of pyridine rings is 2. The third-order valence-electron chi connectivity index (χ3n) is 3.54. The molecule has 1 aromatic rings. The van der Waals surface area contributed by atoms with Gasteiger partial charge in [-0.2, -0.15) is 4.98 Å². The first-order chi connectivity index (χ1) is 11.1. The predicted molar refractivity (Wildman–Crippen MR) is 88.0 cm³/mol. The maximum absolute atomic E-state index is 12.5. The number of halogens is 1. The van der Waals surface area contributed by atoms with Gasteiger partial charge in [0.1, 0.15) is 5.15 Å². The van der Waals surface area contributed by atoms with Gasteiger partial charge >= 0.3 is 5.69 Å². The molecular formula is C16H15ClN4O2. The SMILES string of the molecule is CCCn1c(=O)nc2n(Cc3ccc(Cl)nc3)cccc-2c1=O.